The van der Waals surface area contributed by atoms with E-state index < -0.39 is 15.7 Å². The quantitative estimate of drug-likeness (QED) is 0.449. The summed E-state index contributed by atoms with van der Waals surface area (Å²) in [4.78, 5) is 19.2. The van der Waals surface area contributed by atoms with E-state index >= 15 is 0 Å². The smallest absolute Gasteiger partial charge is 0.323 e. The van der Waals surface area contributed by atoms with Gasteiger partial charge in [-0.3, -0.25) is 4.90 Å². The van der Waals surface area contributed by atoms with E-state index in [0.717, 1.165) is 49.8 Å². The van der Waals surface area contributed by atoms with Crippen molar-refractivity contribution in [2.75, 3.05) is 39.7 Å². The number of carbonyl (C=O) groups is 1. The highest BCUT2D eigenvalue weighted by atomic mass is 32.2. The number of benzene rings is 1. The van der Waals surface area contributed by atoms with E-state index in [1.54, 1.807) is 16.8 Å². The zero-order valence-electron chi connectivity index (χ0n) is 22.8. The fourth-order valence-corrected chi connectivity index (χ4v) is 7.65. The predicted octanol–water partition coefficient (Wildman–Crippen LogP) is 4.19. The number of hydrogen-bond donors (Lipinski definition) is 0. The van der Waals surface area contributed by atoms with Crippen molar-refractivity contribution >= 4 is 16.1 Å². The maximum Gasteiger partial charge on any atom is 0.323 e. The highest BCUT2D eigenvalue weighted by Gasteiger charge is 2.64. The molecule has 0 radical (unpaired) electrons. The molecule has 2 unspecified atom stereocenters. The summed E-state index contributed by atoms with van der Waals surface area (Å²) in [5.74, 6) is 1.03. The van der Waals surface area contributed by atoms with Crippen LogP contribution in [0.1, 0.15) is 50.5 Å². The molecule has 1 saturated carbocycles. The monoisotopic (exact) mass is 554 g/mol. The van der Waals surface area contributed by atoms with Gasteiger partial charge in [0.25, 0.3) is 0 Å². The van der Waals surface area contributed by atoms with Crippen LogP contribution < -0.4 is 0 Å². The van der Waals surface area contributed by atoms with E-state index in [1.807, 2.05) is 30.3 Å². The minimum atomic E-state index is -3.55. The van der Waals surface area contributed by atoms with Gasteiger partial charge in [-0.15, -0.1) is 0 Å². The zero-order chi connectivity index (χ0) is 27.3. The third-order valence-corrected chi connectivity index (χ3v) is 10.1. The minimum Gasteiger partial charge on any atom is -0.467 e. The Kier molecular flexibility index (Phi) is 6.76. The van der Waals surface area contributed by atoms with Gasteiger partial charge >= 0.3 is 6.03 Å². The maximum absolute atomic E-state index is 13.5. The number of sulfonamides is 1. The molecule has 0 N–H and O–H groups in total. The summed E-state index contributed by atoms with van der Waals surface area (Å²) in [6.07, 6.45) is 14.8. The second kappa shape index (κ2) is 9.98. The molecule has 210 valence electrons. The molecule has 1 aliphatic carbocycles. The van der Waals surface area contributed by atoms with Crippen molar-refractivity contribution in [3.05, 3.63) is 71.4 Å². The third kappa shape index (κ3) is 4.66. The number of hydrogen-bond acceptors (Lipinski definition) is 6. The summed E-state index contributed by atoms with van der Waals surface area (Å²) in [5, 5.41) is 0. The van der Waals surface area contributed by atoms with Crippen molar-refractivity contribution in [2.24, 2.45) is 5.41 Å². The van der Waals surface area contributed by atoms with Gasteiger partial charge in [-0.1, -0.05) is 42.8 Å². The van der Waals surface area contributed by atoms with E-state index in [2.05, 4.69) is 23.4 Å². The summed E-state index contributed by atoms with van der Waals surface area (Å²) in [5.41, 5.74) is 2.56. The molecule has 9 nitrogen and oxygen atoms in total. The van der Waals surface area contributed by atoms with E-state index in [4.69, 9.17) is 9.47 Å². The molecule has 0 aromatic heterocycles. The average Bonchev–Trinajstić information content (AvgIpc) is 3.36. The van der Waals surface area contributed by atoms with Crippen LogP contribution in [0, 0.1) is 5.41 Å². The molecule has 2 amide bonds. The van der Waals surface area contributed by atoms with Crippen molar-refractivity contribution in [2.45, 2.75) is 57.3 Å². The number of amides is 2. The number of carbonyl (C=O) groups excluding carboxylic acids is 1. The molecule has 2 atom stereocenters. The van der Waals surface area contributed by atoms with E-state index in [-0.39, 0.29) is 31.3 Å². The van der Waals surface area contributed by atoms with Gasteiger partial charge < -0.3 is 19.3 Å². The molecule has 3 fully saturated rings. The molecular formula is C29H38N4O5S. The van der Waals surface area contributed by atoms with Crippen molar-refractivity contribution in [3.8, 4) is 0 Å². The normalized spacial score (nSPS) is 28.1. The van der Waals surface area contributed by atoms with Crippen LogP contribution in [0.3, 0.4) is 0 Å². The molecule has 5 aliphatic rings. The zero-order valence-corrected chi connectivity index (χ0v) is 23.7. The number of allylic oxidation sites excluding steroid dienone is 3. The summed E-state index contributed by atoms with van der Waals surface area (Å²) in [6.45, 7) is 1.05. The summed E-state index contributed by atoms with van der Waals surface area (Å²) in [7, 11) is -1.75. The highest BCUT2D eigenvalue weighted by Crippen LogP contribution is 2.62. The first-order valence-electron chi connectivity index (χ1n) is 13.9. The van der Waals surface area contributed by atoms with Crippen LogP contribution >= 0.6 is 0 Å². The Labute approximate surface area is 231 Å². The first kappa shape index (κ1) is 26.4. The Morgan fingerprint density at radius 3 is 2.77 bits per heavy atom. The molecular weight excluding hydrogens is 516 g/mol. The Morgan fingerprint density at radius 1 is 1.15 bits per heavy atom. The number of nitrogens with zero attached hydrogens (tertiary/aromatic N) is 4. The first-order valence-corrected chi connectivity index (χ1v) is 15.8. The van der Waals surface area contributed by atoms with E-state index in [0.29, 0.717) is 19.6 Å². The fourth-order valence-electron chi connectivity index (χ4n) is 6.97. The summed E-state index contributed by atoms with van der Waals surface area (Å²) >= 11 is 0. The van der Waals surface area contributed by atoms with Crippen LogP contribution in [-0.4, -0.2) is 78.8 Å². The third-order valence-electron chi connectivity index (χ3n) is 8.82. The number of fused-ring (bicyclic) bond motifs is 1. The predicted molar refractivity (Wildman–Crippen MR) is 147 cm³/mol. The molecule has 6 rings (SSSR count). The molecule has 1 aromatic carbocycles. The minimum absolute atomic E-state index is 0.0765. The standard InChI is InChI=1S/C29H38N4O5S/c1-30-21-29(20-28-14-8-6-12-24(28)18-31-15-9-7-13-25(31)26(28)38-29)33(27(30)34)17-16-32(39(2,35)36)22-37-19-23-10-4-3-5-11-23/h3-5,9-11,15,18H,6-8,12-14,16-17,19-22H2,1-2H3. The van der Waals surface area contributed by atoms with Gasteiger partial charge in [0.2, 0.25) is 15.7 Å². The van der Waals surface area contributed by atoms with Crippen LogP contribution in [0.25, 0.3) is 0 Å². The van der Waals surface area contributed by atoms with Crippen LogP contribution in [0.5, 0.6) is 0 Å². The fraction of sp³-hybridized carbons (Fsp3) is 0.552. The molecule has 0 bridgehead atoms. The van der Waals surface area contributed by atoms with E-state index in [9.17, 15) is 13.2 Å². The molecule has 2 saturated heterocycles. The van der Waals surface area contributed by atoms with Crippen molar-refractivity contribution in [1.82, 2.24) is 19.0 Å². The SMILES string of the molecule is CN1CC2(CC34CCCCC3=CN3C=CCCC3=C4O2)N(CCN(COCc2ccccc2)S(C)(=O)=O)C1=O. The van der Waals surface area contributed by atoms with E-state index in [1.165, 1.54) is 21.8 Å². The van der Waals surface area contributed by atoms with Gasteiger partial charge in [-0.25, -0.2) is 13.2 Å². The lowest BCUT2D eigenvalue weighted by Gasteiger charge is -2.42. The Hall–Kier alpha value is -2.82. The molecule has 2 spiro atoms. The first-order chi connectivity index (χ1) is 18.7. The number of urea groups is 1. The van der Waals surface area contributed by atoms with Crippen LogP contribution in [0.4, 0.5) is 4.79 Å². The van der Waals surface area contributed by atoms with Crippen molar-refractivity contribution in [1.29, 1.82) is 0 Å². The van der Waals surface area contributed by atoms with Crippen LogP contribution in [0.2, 0.25) is 0 Å². The molecule has 4 heterocycles. The Morgan fingerprint density at radius 2 is 1.97 bits per heavy atom. The molecule has 10 heteroatoms. The topological polar surface area (TPSA) is 82.6 Å². The van der Waals surface area contributed by atoms with Crippen LogP contribution in [0.15, 0.2) is 65.8 Å². The van der Waals surface area contributed by atoms with Crippen molar-refractivity contribution in [3.63, 3.8) is 0 Å². The lowest BCUT2D eigenvalue weighted by Crippen LogP contribution is -2.51. The van der Waals surface area contributed by atoms with Gasteiger partial charge in [0, 0.05) is 39.0 Å². The number of rotatable bonds is 8. The lowest BCUT2D eigenvalue weighted by molar-refractivity contribution is -0.0563. The number of ether oxygens (including phenoxy) is 2. The van der Waals surface area contributed by atoms with Crippen LogP contribution in [-0.2, 0) is 26.1 Å². The summed E-state index contributed by atoms with van der Waals surface area (Å²) in [6, 6.07) is 9.53. The van der Waals surface area contributed by atoms with Gasteiger partial charge in [0.1, 0.15) is 12.5 Å². The summed E-state index contributed by atoms with van der Waals surface area (Å²) < 4.78 is 39.4. The second-order valence-electron chi connectivity index (χ2n) is 11.5. The molecule has 1 aromatic rings. The Bertz CT molecular complexity index is 1330. The Balaban J connectivity index is 1.24. The highest BCUT2D eigenvalue weighted by molar-refractivity contribution is 7.88. The largest absolute Gasteiger partial charge is 0.467 e. The van der Waals surface area contributed by atoms with Gasteiger partial charge in [-0.05, 0) is 43.2 Å². The van der Waals surface area contributed by atoms with Crippen molar-refractivity contribution < 1.29 is 22.7 Å². The van der Waals surface area contributed by atoms with Gasteiger partial charge in [-0.2, -0.15) is 4.31 Å². The van der Waals surface area contributed by atoms with Gasteiger partial charge in [0.05, 0.1) is 30.5 Å². The number of likely N-dealkylation sites (N-methyl/N-ethyl adjacent to an activating group) is 1. The second-order valence-corrected chi connectivity index (χ2v) is 13.4. The maximum atomic E-state index is 13.5. The van der Waals surface area contributed by atoms with Gasteiger partial charge in [0.15, 0.2) is 0 Å². The average molecular weight is 555 g/mol. The molecule has 4 aliphatic heterocycles. The molecule has 39 heavy (non-hydrogen) atoms. The lowest BCUT2D eigenvalue weighted by atomic mass is 9.65.